The fourth-order valence-corrected chi connectivity index (χ4v) is 1.71. The summed E-state index contributed by atoms with van der Waals surface area (Å²) in [6.07, 6.45) is 2.21. The number of carbonyl (C=O) groups excluding carboxylic acids is 1. The van der Waals surface area contributed by atoms with E-state index in [0.29, 0.717) is 28.7 Å². The van der Waals surface area contributed by atoms with Crippen molar-refractivity contribution in [2.24, 2.45) is 0 Å². The highest BCUT2D eigenvalue weighted by molar-refractivity contribution is 5.74. The molecule has 0 fully saturated rings. The van der Waals surface area contributed by atoms with Crippen molar-refractivity contribution in [2.75, 3.05) is 14.2 Å². The van der Waals surface area contributed by atoms with E-state index in [9.17, 15) is 4.79 Å². The molecule has 0 N–H and O–H groups in total. The summed E-state index contributed by atoms with van der Waals surface area (Å²) < 4.78 is 16.1. The van der Waals surface area contributed by atoms with Crippen LogP contribution in [-0.2, 0) is 0 Å². The maximum absolute atomic E-state index is 10.7. The summed E-state index contributed by atoms with van der Waals surface area (Å²) in [5.74, 6) is 2.24. The molecule has 0 aliphatic rings. The highest BCUT2D eigenvalue weighted by atomic mass is 16.5. The number of aryl methyl sites for hydroxylation is 1. The minimum atomic E-state index is 0.436. The summed E-state index contributed by atoms with van der Waals surface area (Å²) in [6.45, 7) is 1.83. The Morgan fingerprint density at radius 1 is 1.00 bits per heavy atom. The Kier molecular flexibility index (Phi) is 4.20. The van der Waals surface area contributed by atoms with E-state index in [4.69, 9.17) is 14.2 Å². The lowest BCUT2D eigenvalue weighted by Crippen LogP contribution is -1.95. The van der Waals surface area contributed by atoms with Gasteiger partial charge in [0.15, 0.2) is 6.29 Å². The van der Waals surface area contributed by atoms with Crippen LogP contribution in [0.15, 0.2) is 30.5 Å². The number of carbonyl (C=O) groups is 1. The zero-order valence-corrected chi connectivity index (χ0v) is 11.5. The van der Waals surface area contributed by atoms with Gasteiger partial charge in [-0.25, -0.2) is 4.98 Å². The number of pyridine rings is 1. The summed E-state index contributed by atoms with van der Waals surface area (Å²) in [4.78, 5) is 14.8. The molecule has 1 aromatic carbocycles. The van der Waals surface area contributed by atoms with Gasteiger partial charge >= 0.3 is 0 Å². The van der Waals surface area contributed by atoms with Crippen LogP contribution in [-0.4, -0.2) is 25.5 Å². The van der Waals surface area contributed by atoms with Crippen molar-refractivity contribution >= 4 is 6.29 Å². The van der Waals surface area contributed by atoms with Gasteiger partial charge in [0.1, 0.15) is 17.2 Å². The molecule has 0 aliphatic carbocycles. The van der Waals surface area contributed by atoms with Crippen LogP contribution in [0.1, 0.15) is 15.9 Å². The van der Waals surface area contributed by atoms with Gasteiger partial charge in [-0.05, 0) is 13.0 Å². The molecule has 5 nitrogen and oxygen atoms in total. The Morgan fingerprint density at radius 3 is 2.10 bits per heavy atom. The van der Waals surface area contributed by atoms with E-state index in [-0.39, 0.29) is 0 Å². The first-order valence-electron chi connectivity index (χ1n) is 5.99. The second-order valence-corrected chi connectivity index (χ2v) is 4.16. The topological polar surface area (TPSA) is 57.6 Å². The van der Waals surface area contributed by atoms with E-state index in [2.05, 4.69) is 4.98 Å². The van der Waals surface area contributed by atoms with E-state index in [1.165, 1.54) is 6.20 Å². The first kappa shape index (κ1) is 13.9. The average Bonchev–Trinajstić information content (AvgIpc) is 2.48. The first-order chi connectivity index (χ1) is 9.66. The predicted molar refractivity (Wildman–Crippen MR) is 74.0 cm³/mol. The van der Waals surface area contributed by atoms with Crippen molar-refractivity contribution in [1.82, 2.24) is 4.98 Å². The lowest BCUT2D eigenvalue weighted by atomic mass is 10.2. The van der Waals surface area contributed by atoms with E-state index < -0.39 is 0 Å². The van der Waals surface area contributed by atoms with E-state index in [0.717, 1.165) is 11.8 Å². The molecule has 1 heterocycles. The molecule has 0 atom stereocenters. The molecular weight excluding hydrogens is 258 g/mol. The number of benzene rings is 1. The van der Waals surface area contributed by atoms with Gasteiger partial charge in [-0.1, -0.05) is 0 Å². The Hall–Kier alpha value is -2.56. The molecule has 0 radical (unpaired) electrons. The number of rotatable bonds is 5. The molecule has 0 aliphatic heterocycles. The van der Waals surface area contributed by atoms with Gasteiger partial charge in [-0.2, -0.15) is 0 Å². The molecule has 0 bridgehead atoms. The number of aldehydes is 1. The minimum absolute atomic E-state index is 0.436. The average molecular weight is 273 g/mol. The van der Waals surface area contributed by atoms with Gasteiger partial charge in [0.2, 0.25) is 5.88 Å². The van der Waals surface area contributed by atoms with Crippen LogP contribution in [0.25, 0.3) is 0 Å². The molecular formula is C15H15NO4. The molecule has 0 unspecified atom stereocenters. The molecule has 20 heavy (non-hydrogen) atoms. The van der Waals surface area contributed by atoms with Crippen LogP contribution >= 0.6 is 0 Å². The maximum Gasteiger partial charge on any atom is 0.222 e. The van der Waals surface area contributed by atoms with Crippen molar-refractivity contribution in [3.63, 3.8) is 0 Å². The SMILES string of the molecule is COc1cc(OC)cc(Oc2ncc(C=O)cc2C)c1. The smallest absolute Gasteiger partial charge is 0.222 e. The molecule has 0 amide bonds. The summed E-state index contributed by atoms with van der Waals surface area (Å²) in [5, 5.41) is 0. The number of aromatic nitrogens is 1. The van der Waals surface area contributed by atoms with Crippen molar-refractivity contribution < 1.29 is 19.0 Å². The lowest BCUT2D eigenvalue weighted by Gasteiger charge is -2.11. The van der Waals surface area contributed by atoms with E-state index in [1.54, 1.807) is 38.5 Å². The molecule has 0 saturated carbocycles. The van der Waals surface area contributed by atoms with Crippen molar-refractivity contribution in [3.8, 4) is 23.1 Å². The minimum Gasteiger partial charge on any atom is -0.496 e. The molecule has 5 heteroatoms. The standard InChI is InChI=1S/C15H15NO4/c1-10-4-11(9-17)8-16-15(10)20-14-6-12(18-2)5-13(7-14)19-3/h4-9H,1-3H3. The fourth-order valence-electron chi connectivity index (χ4n) is 1.71. The van der Waals surface area contributed by atoms with Gasteiger partial charge in [0.25, 0.3) is 0 Å². The number of methoxy groups -OCH3 is 2. The summed E-state index contributed by atoms with van der Waals surface area (Å²) in [5.41, 5.74) is 1.29. The molecule has 0 saturated heterocycles. The Morgan fingerprint density at radius 2 is 1.60 bits per heavy atom. The second-order valence-electron chi connectivity index (χ2n) is 4.16. The van der Waals surface area contributed by atoms with Crippen molar-refractivity contribution in [3.05, 3.63) is 41.6 Å². The Labute approximate surface area is 117 Å². The van der Waals surface area contributed by atoms with Gasteiger partial charge < -0.3 is 14.2 Å². The van der Waals surface area contributed by atoms with Crippen LogP contribution in [0, 0.1) is 6.92 Å². The van der Waals surface area contributed by atoms with Crippen molar-refractivity contribution in [2.45, 2.75) is 6.92 Å². The van der Waals surface area contributed by atoms with Gasteiger partial charge in [0, 0.05) is 35.5 Å². The van der Waals surface area contributed by atoms with E-state index in [1.807, 2.05) is 6.92 Å². The number of hydrogen-bond donors (Lipinski definition) is 0. The van der Waals surface area contributed by atoms with Crippen LogP contribution in [0.5, 0.6) is 23.1 Å². The second kappa shape index (κ2) is 6.06. The number of hydrogen-bond acceptors (Lipinski definition) is 5. The van der Waals surface area contributed by atoms with E-state index >= 15 is 0 Å². The zero-order chi connectivity index (χ0) is 14.5. The quantitative estimate of drug-likeness (QED) is 0.784. The third kappa shape index (κ3) is 3.06. The summed E-state index contributed by atoms with van der Waals surface area (Å²) in [6, 6.07) is 6.93. The molecule has 0 spiro atoms. The third-order valence-corrected chi connectivity index (χ3v) is 2.73. The lowest BCUT2D eigenvalue weighted by molar-refractivity contribution is 0.112. The monoisotopic (exact) mass is 273 g/mol. The summed E-state index contributed by atoms with van der Waals surface area (Å²) in [7, 11) is 3.14. The van der Waals surface area contributed by atoms with Crippen LogP contribution < -0.4 is 14.2 Å². The number of nitrogens with zero attached hydrogens (tertiary/aromatic N) is 1. The highest BCUT2D eigenvalue weighted by Crippen LogP contribution is 2.31. The maximum atomic E-state index is 10.7. The third-order valence-electron chi connectivity index (χ3n) is 2.73. The van der Waals surface area contributed by atoms with Gasteiger partial charge in [0.05, 0.1) is 14.2 Å². The van der Waals surface area contributed by atoms with Crippen LogP contribution in [0.4, 0.5) is 0 Å². The fraction of sp³-hybridized carbons (Fsp3) is 0.200. The molecule has 1 aromatic heterocycles. The molecule has 2 aromatic rings. The Bertz CT molecular complexity index is 603. The zero-order valence-electron chi connectivity index (χ0n) is 11.5. The largest absolute Gasteiger partial charge is 0.496 e. The number of ether oxygens (including phenoxy) is 3. The predicted octanol–water partition coefficient (Wildman–Crippen LogP) is 3.01. The van der Waals surface area contributed by atoms with Crippen LogP contribution in [0.2, 0.25) is 0 Å². The molecule has 2 rings (SSSR count). The molecule has 104 valence electrons. The van der Waals surface area contributed by atoms with Gasteiger partial charge in [-0.3, -0.25) is 4.79 Å². The normalized spacial score (nSPS) is 9.95. The highest BCUT2D eigenvalue weighted by Gasteiger charge is 2.07. The first-order valence-corrected chi connectivity index (χ1v) is 5.99. The van der Waals surface area contributed by atoms with Crippen molar-refractivity contribution in [1.29, 1.82) is 0 Å². The van der Waals surface area contributed by atoms with Gasteiger partial charge in [-0.15, -0.1) is 0 Å². The summed E-state index contributed by atoms with van der Waals surface area (Å²) >= 11 is 0. The Balaban J connectivity index is 2.31. The van der Waals surface area contributed by atoms with Crippen LogP contribution in [0.3, 0.4) is 0 Å².